The van der Waals surface area contributed by atoms with Crippen molar-refractivity contribution in [3.63, 3.8) is 0 Å². The van der Waals surface area contributed by atoms with Gasteiger partial charge in [-0.3, -0.25) is 9.59 Å². The Kier molecular flexibility index (Phi) is 9.96. The van der Waals surface area contributed by atoms with Gasteiger partial charge in [0.15, 0.2) is 0 Å². The smallest absolute Gasteiger partial charge is 0.338 e. The Bertz CT molecular complexity index is 1130. The molecule has 192 valence electrons. The maximum Gasteiger partial charge on any atom is 0.338 e. The monoisotopic (exact) mass is 502 g/mol. The average Bonchev–Trinajstić information content (AvgIpc) is 2.92. The molecule has 0 atom stereocenters. The third-order valence-corrected chi connectivity index (χ3v) is 5.31. The molecule has 8 heteroatoms. The van der Waals surface area contributed by atoms with Crippen molar-refractivity contribution in [2.24, 2.45) is 0 Å². The van der Waals surface area contributed by atoms with Crippen LogP contribution in [-0.4, -0.2) is 37.0 Å². The Labute approximate surface area is 216 Å². The molecule has 2 N–H and O–H groups in total. The topological polar surface area (TPSA) is 111 Å². The summed E-state index contributed by atoms with van der Waals surface area (Å²) in [6.07, 6.45) is 1.44. The van der Waals surface area contributed by atoms with E-state index in [1.165, 1.54) is 0 Å². The number of esters is 2. The van der Waals surface area contributed by atoms with Gasteiger partial charge in [0.1, 0.15) is 5.92 Å². The van der Waals surface area contributed by atoms with Crippen molar-refractivity contribution in [1.29, 1.82) is 0 Å². The molecule has 8 nitrogen and oxygen atoms in total. The summed E-state index contributed by atoms with van der Waals surface area (Å²) < 4.78 is 10.2. The molecule has 0 spiro atoms. The highest BCUT2D eigenvalue weighted by atomic mass is 16.5. The predicted molar refractivity (Wildman–Crippen MR) is 140 cm³/mol. The van der Waals surface area contributed by atoms with E-state index >= 15 is 0 Å². The molecule has 0 unspecified atom stereocenters. The molecule has 37 heavy (non-hydrogen) atoms. The van der Waals surface area contributed by atoms with E-state index in [-0.39, 0.29) is 0 Å². The Morgan fingerprint density at radius 3 is 1.41 bits per heavy atom. The number of carbonyl (C=O) groups excluding carboxylic acids is 4. The van der Waals surface area contributed by atoms with Crippen molar-refractivity contribution in [1.82, 2.24) is 0 Å². The molecule has 2 amide bonds. The van der Waals surface area contributed by atoms with Gasteiger partial charge in [0.05, 0.1) is 24.3 Å². The summed E-state index contributed by atoms with van der Waals surface area (Å²) in [6.45, 7) is 4.48. The molecule has 0 aliphatic carbocycles. The van der Waals surface area contributed by atoms with Crippen LogP contribution in [0.2, 0.25) is 0 Å². The second-order valence-corrected chi connectivity index (χ2v) is 8.25. The largest absolute Gasteiger partial charge is 0.462 e. The van der Waals surface area contributed by atoms with Gasteiger partial charge < -0.3 is 20.1 Å². The first-order chi connectivity index (χ1) is 17.9. The molecule has 0 saturated heterocycles. The van der Waals surface area contributed by atoms with E-state index < -0.39 is 29.7 Å². The number of benzene rings is 3. The summed E-state index contributed by atoms with van der Waals surface area (Å²) in [7, 11) is 0. The number of hydrogen-bond acceptors (Lipinski definition) is 6. The van der Waals surface area contributed by atoms with Crippen LogP contribution >= 0.6 is 0 Å². The SMILES string of the molecule is CCCOC(=O)c1ccc(NC(=O)C(C(=O)Nc2ccc(C(=O)OCCC)cc2)c2ccccc2)cc1. The van der Waals surface area contributed by atoms with E-state index in [9.17, 15) is 19.2 Å². The highest BCUT2D eigenvalue weighted by molar-refractivity contribution is 6.15. The number of carbonyl (C=O) groups is 4. The molecule has 0 fully saturated rings. The maximum atomic E-state index is 13.2. The molecule has 0 aromatic heterocycles. The van der Waals surface area contributed by atoms with Gasteiger partial charge in [0.2, 0.25) is 11.8 Å². The minimum Gasteiger partial charge on any atom is -0.462 e. The van der Waals surface area contributed by atoms with Gasteiger partial charge >= 0.3 is 11.9 Å². The zero-order valence-corrected chi connectivity index (χ0v) is 20.9. The third kappa shape index (κ3) is 7.76. The van der Waals surface area contributed by atoms with Crippen molar-refractivity contribution < 1.29 is 28.7 Å². The second-order valence-electron chi connectivity index (χ2n) is 8.25. The summed E-state index contributed by atoms with van der Waals surface area (Å²) >= 11 is 0. The van der Waals surface area contributed by atoms with Crippen molar-refractivity contribution >= 4 is 35.1 Å². The zero-order valence-electron chi connectivity index (χ0n) is 20.9. The molecule has 0 bridgehead atoms. The minimum absolute atomic E-state index is 0.330. The lowest BCUT2D eigenvalue weighted by Crippen LogP contribution is -2.32. The predicted octanol–water partition coefficient (Wildman–Crippen LogP) is 5.18. The first-order valence-electron chi connectivity index (χ1n) is 12.1. The molecule has 3 aromatic rings. The second kappa shape index (κ2) is 13.6. The molecule has 0 aliphatic rings. The fourth-order valence-electron chi connectivity index (χ4n) is 3.43. The number of rotatable bonds is 11. The van der Waals surface area contributed by atoms with Crippen LogP contribution in [0.3, 0.4) is 0 Å². The Morgan fingerprint density at radius 1 is 0.622 bits per heavy atom. The molecule has 0 saturated carbocycles. The van der Waals surface area contributed by atoms with Crippen LogP contribution in [-0.2, 0) is 19.1 Å². The summed E-state index contributed by atoms with van der Waals surface area (Å²) in [5.74, 6) is -3.10. The fraction of sp³-hybridized carbons (Fsp3) is 0.241. The van der Waals surface area contributed by atoms with Crippen LogP contribution in [0.1, 0.15) is 58.9 Å². The number of hydrogen-bond donors (Lipinski definition) is 2. The first kappa shape index (κ1) is 27.1. The van der Waals surface area contributed by atoms with Crippen molar-refractivity contribution in [2.45, 2.75) is 32.6 Å². The van der Waals surface area contributed by atoms with Crippen LogP contribution in [0.5, 0.6) is 0 Å². The van der Waals surface area contributed by atoms with Gasteiger partial charge in [-0.05, 0) is 66.9 Å². The van der Waals surface area contributed by atoms with E-state index in [2.05, 4.69) is 10.6 Å². The standard InChI is InChI=1S/C29H30N2O6/c1-3-18-36-28(34)21-10-14-23(15-11-21)30-26(32)25(20-8-6-5-7-9-20)27(33)31-24-16-12-22(13-17-24)29(35)37-19-4-2/h5-17,25H,3-4,18-19H2,1-2H3,(H,30,32)(H,31,33). The normalized spacial score (nSPS) is 10.5. The number of anilines is 2. The highest BCUT2D eigenvalue weighted by Crippen LogP contribution is 2.22. The lowest BCUT2D eigenvalue weighted by atomic mass is 9.96. The number of amides is 2. The molecular formula is C29H30N2O6. The summed E-state index contributed by atoms with van der Waals surface area (Å²) in [5.41, 5.74) is 2.11. The summed E-state index contributed by atoms with van der Waals surface area (Å²) in [4.78, 5) is 50.5. The van der Waals surface area contributed by atoms with Crippen LogP contribution in [0.15, 0.2) is 78.9 Å². The Balaban J connectivity index is 1.73. The summed E-state index contributed by atoms with van der Waals surface area (Å²) in [6, 6.07) is 21.2. The van der Waals surface area contributed by atoms with Crippen molar-refractivity contribution in [3.05, 3.63) is 95.6 Å². The maximum absolute atomic E-state index is 13.2. The van der Waals surface area contributed by atoms with Crippen molar-refractivity contribution in [3.8, 4) is 0 Å². The lowest BCUT2D eigenvalue weighted by molar-refractivity contribution is -0.126. The number of ether oxygens (including phenoxy) is 2. The number of nitrogens with one attached hydrogen (secondary N) is 2. The summed E-state index contributed by atoms with van der Waals surface area (Å²) in [5, 5.41) is 5.49. The lowest BCUT2D eigenvalue weighted by Gasteiger charge is -2.17. The van der Waals surface area contributed by atoms with Gasteiger partial charge in [-0.2, -0.15) is 0 Å². The highest BCUT2D eigenvalue weighted by Gasteiger charge is 2.29. The molecule has 0 aliphatic heterocycles. The first-order valence-corrected chi connectivity index (χ1v) is 12.1. The Hall–Kier alpha value is -4.46. The van der Waals surface area contributed by atoms with E-state index in [0.717, 1.165) is 12.8 Å². The molecule has 0 radical (unpaired) electrons. The third-order valence-electron chi connectivity index (χ3n) is 5.31. The van der Waals surface area contributed by atoms with E-state index in [1.54, 1.807) is 78.9 Å². The van der Waals surface area contributed by atoms with Gasteiger partial charge in [0, 0.05) is 11.4 Å². The van der Waals surface area contributed by atoms with Crippen LogP contribution in [0.25, 0.3) is 0 Å². The quantitative estimate of drug-likeness (QED) is 0.276. The fourth-order valence-corrected chi connectivity index (χ4v) is 3.43. The van der Waals surface area contributed by atoms with E-state index in [1.807, 2.05) is 13.8 Å². The van der Waals surface area contributed by atoms with Gasteiger partial charge in [-0.1, -0.05) is 44.2 Å². The van der Waals surface area contributed by atoms with Crippen LogP contribution < -0.4 is 10.6 Å². The van der Waals surface area contributed by atoms with Gasteiger partial charge in [-0.15, -0.1) is 0 Å². The average molecular weight is 503 g/mol. The van der Waals surface area contributed by atoms with E-state index in [0.29, 0.717) is 41.3 Å². The van der Waals surface area contributed by atoms with Crippen LogP contribution in [0, 0.1) is 0 Å². The zero-order chi connectivity index (χ0) is 26.6. The van der Waals surface area contributed by atoms with Crippen LogP contribution in [0.4, 0.5) is 11.4 Å². The molecule has 3 aromatic carbocycles. The minimum atomic E-state index is -1.15. The van der Waals surface area contributed by atoms with Crippen molar-refractivity contribution in [2.75, 3.05) is 23.8 Å². The van der Waals surface area contributed by atoms with Gasteiger partial charge in [0.25, 0.3) is 0 Å². The molecule has 0 heterocycles. The van der Waals surface area contributed by atoms with Gasteiger partial charge in [-0.25, -0.2) is 9.59 Å². The van der Waals surface area contributed by atoms with E-state index in [4.69, 9.17) is 9.47 Å². The molecular weight excluding hydrogens is 472 g/mol. The Morgan fingerprint density at radius 2 is 1.03 bits per heavy atom. The molecule has 3 rings (SSSR count).